The van der Waals surface area contributed by atoms with Crippen molar-refractivity contribution in [3.8, 4) is 17.2 Å². The molecule has 5 rings (SSSR count). The van der Waals surface area contributed by atoms with Gasteiger partial charge in [-0.05, 0) is 24.5 Å². The third-order valence-corrected chi connectivity index (χ3v) is 7.92. The van der Waals surface area contributed by atoms with E-state index in [-0.39, 0.29) is 34.0 Å². The van der Waals surface area contributed by atoms with E-state index in [0.29, 0.717) is 12.2 Å². The van der Waals surface area contributed by atoms with Gasteiger partial charge in [-0.2, -0.15) is 0 Å². The molecule has 8 nitrogen and oxygen atoms in total. The molecule has 194 valence electrons. The Morgan fingerprint density at radius 2 is 1.97 bits per heavy atom. The summed E-state index contributed by atoms with van der Waals surface area (Å²) in [5.74, 6) is 0.367. The molecule has 0 amide bonds. The van der Waals surface area contributed by atoms with Crippen LogP contribution in [0.25, 0.3) is 11.0 Å². The first kappa shape index (κ1) is 25.1. The molecule has 2 N–H and O–H groups in total. The van der Waals surface area contributed by atoms with Crippen LogP contribution in [0.2, 0.25) is 5.02 Å². The number of carbonyl (C=O) groups excluding carboxylic acids is 2. The summed E-state index contributed by atoms with van der Waals surface area (Å²) in [5.41, 5.74) is 1.03. The highest BCUT2D eigenvalue weighted by Gasteiger charge is 2.60. The summed E-state index contributed by atoms with van der Waals surface area (Å²) in [7, 11) is 2.91. The van der Waals surface area contributed by atoms with Crippen molar-refractivity contribution >= 4 is 34.2 Å². The molecule has 1 aromatic heterocycles. The second kappa shape index (κ2) is 9.41. The van der Waals surface area contributed by atoms with Crippen LogP contribution in [0.5, 0.6) is 17.2 Å². The van der Waals surface area contributed by atoms with Crippen molar-refractivity contribution in [2.75, 3.05) is 14.2 Å². The van der Waals surface area contributed by atoms with Gasteiger partial charge in [0.15, 0.2) is 5.75 Å². The fourth-order valence-electron chi connectivity index (χ4n) is 5.26. The minimum atomic E-state index is -1.71. The topological polar surface area (TPSA) is 103 Å². The van der Waals surface area contributed by atoms with Crippen molar-refractivity contribution < 1.29 is 23.8 Å². The van der Waals surface area contributed by atoms with Crippen LogP contribution < -0.4 is 19.5 Å². The van der Waals surface area contributed by atoms with Crippen LogP contribution in [-0.4, -0.2) is 41.4 Å². The summed E-state index contributed by atoms with van der Waals surface area (Å²) >= 11 is 6.49. The SMILES string of the molecule is CC[C@H](C)[C@H](NC1=CC(=O)[C@@]2(Oc3c(Cl)c(OC)cc(OC)c3C2=O)[C@H](C)C1)c1nc2ccccc2[nH]1. The minimum absolute atomic E-state index is 0.118. The maximum Gasteiger partial charge on any atom is 0.236 e. The van der Waals surface area contributed by atoms with Crippen LogP contribution in [0.4, 0.5) is 0 Å². The summed E-state index contributed by atoms with van der Waals surface area (Å²) < 4.78 is 16.9. The number of rotatable bonds is 7. The van der Waals surface area contributed by atoms with Gasteiger partial charge in [0, 0.05) is 23.8 Å². The molecule has 1 aliphatic carbocycles. The Morgan fingerprint density at radius 3 is 2.62 bits per heavy atom. The molecule has 0 saturated heterocycles. The third kappa shape index (κ3) is 3.85. The fourth-order valence-corrected chi connectivity index (χ4v) is 5.53. The van der Waals surface area contributed by atoms with E-state index in [9.17, 15) is 9.59 Å². The number of aromatic amines is 1. The highest BCUT2D eigenvalue weighted by Crippen LogP contribution is 2.53. The van der Waals surface area contributed by atoms with Crippen LogP contribution in [-0.2, 0) is 4.79 Å². The molecule has 0 unspecified atom stereocenters. The zero-order valence-corrected chi connectivity index (χ0v) is 22.2. The Morgan fingerprint density at radius 1 is 1.24 bits per heavy atom. The van der Waals surface area contributed by atoms with Crippen LogP contribution in [0.15, 0.2) is 42.1 Å². The predicted octanol–water partition coefficient (Wildman–Crippen LogP) is 5.42. The number of nitrogens with one attached hydrogen (secondary N) is 2. The van der Waals surface area contributed by atoms with Crippen molar-refractivity contribution in [2.45, 2.75) is 45.3 Å². The maximum absolute atomic E-state index is 13.7. The summed E-state index contributed by atoms with van der Waals surface area (Å²) in [5, 5.41) is 3.69. The van der Waals surface area contributed by atoms with E-state index in [0.717, 1.165) is 29.0 Å². The first-order valence-corrected chi connectivity index (χ1v) is 12.8. The van der Waals surface area contributed by atoms with Gasteiger partial charge in [-0.1, -0.05) is 50.9 Å². The number of ketones is 2. The van der Waals surface area contributed by atoms with Crippen molar-refractivity contribution in [3.05, 3.63) is 58.5 Å². The molecule has 1 spiro atoms. The summed E-state index contributed by atoms with van der Waals surface area (Å²) in [6.07, 6.45) is 2.82. The first-order valence-electron chi connectivity index (χ1n) is 12.4. The minimum Gasteiger partial charge on any atom is -0.496 e. The van der Waals surface area contributed by atoms with Gasteiger partial charge in [-0.25, -0.2) is 4.98 Å². The smallest absolute Gasteiger partial charge is 0.236 e. The summed E-state index contributed by atoms with van der Waals surface area (Å²) in [4.78, 5) is 35.6. The van der Waals surface area contributed by atoms with Gasteiger partial charge in [0.2, 0.25) is 17.2 Å². The largest absolute Gasteiger partial charge is 0.496 e. The van der Waals surface area contributed by atoms with Crippen molar-refractivity contribution in [2.24, 2.45) is 11.8 Å². The number of halogens is 1. The van der Waals surface area contributed by atoms with Gasteiger partial charge in [-0.3, -0.25) is 9.59 Å². The Balaban J connectivity index is 1.49. The predicted molar refractivity (Wildman–Crippen MR) is 141 cm³/mol. The Bertz CT molecular complexity index is 1400. The molecule has 2 aliphatic rings. The number of carbonyl (C=O) groups is 2. The molecule has 0 bridgehead atoms. The van der Waals surface area contributed by atoms with Crippen molar-refractivity contribution in [1.29, 1.82) is 0 Å². The van der Waals surface area contributed by atoms with E-state index in [4.69, 9.17) is 30.8 Å². The number of aromatic nitrogens is 2. The third-order valence-electron chi connectivity index (χ3n) is 7.57. The number of Topliss-reactive ketones (excluding diaryl/α,β-unsaturated/α-hetero) is 1. The zero-order chi connectivity index (χ0) is 26.5. The molecule has 0 radical (unpaired) electrons. The van der Waals surface area contributed by atoms with Crippen LogP contribution in [0, 0.1) is 11.8 Å². The molecule has 0 fully saturated rings. The Hall–Kier alpha value is -3.52. The fraction of sp³-hybridized carbons (Fsp3) is 0.393. The Labute approximate surface area is 220 Å². The standard InChI is InChI=1S/C28H30ClN3O5/c1-6-14(2)24(27-31-17-9-7-8-10-18(17)32-27)30-16-11-15(3)28(21(33)12-16)26(34)22-19(35-4)13-20(36-5)23(29)25(22)37-28/h7-10,12-15,24,30H,6,11H2,1-5H3,(H,31,32)/t14-,15+,24-,28-/m0/s1. The molecular weight excluding hydrogens is 494 g/mol. The lowest BCUT2D eigenvalue weighted by Crippen LogP contribution is -2.55. The van der Waals surface area contributed by atoms with Crippen LogP contribution >= 0.6 is 11.6 Å². The van der Waals surface area contributed by atoms with Gasteiger partial charge in [0.1, 0.15) is 27.9 Å². The molecule has 9 heteroatoms. The van der Waals surface area contributed by atoms with Gasteiger partial charge in [0.25, 0.3) is 0 Å². The normalized spacial score (nSPS) is 22.4. The molecular formula is C28H30ClN3O5. The van der Waals surface area contributed by atoms with Crippen molar-refractivity contribution in [3.63, 3.8) is 0 Å². The summed E-state index contributed by atoms with van der Waals surface area (Å²) in [6.45, 7) is 6.10. The molecule has 0 saturated carbocycles. The molecule has 3 aromatic rings. The number of benzene rings is 2. The van der Waals surface area contributed by atoms with E-state index < -0.39 is 23.1 Å². The van der Waals surface area contributed by atoms with Gasteiger partial charge in [-0.15, -0.1) is 0 Å². The van der Waals surface area contributed by atoms with Gasteiger partial charge in [0.05, 0.1) is 31.3 Å². The number of H-pyrrole nitrogens is 1. The quantitative estimate of drug-likeness (QED) is 0.399. The number of fused-ring (bicyclic) bond motifs is 2. The lowest BCUT2D eigenvalue weighted by atomic mass is 9.74. The van der Waals surface area contributed by atoms with E-state index in [1.165, 1.54) is 26.4 Å². The lowest BCUT2D eigenvalue weighted by molar-refractivity contribution is -0.129. The number of hydrogen-bond donors (Lipinski definition) is 2. The average molecular weight is 524 g/mol. The average Bonchev–Trinajstić information content (AvgIpc) is 3.46. The van der Waals surface area contributed by atoms with E-state index in [1.807, 2.05) is 31.2 Å². The number of para-hydroxylation sites is 2. The highest BCUT2D eigenvalue weighted by molar-refractivity contribution is 6.36. The number of hydrogen-bond acceptors (Lipinski definition) is 7. The number of methoxy groups -OCH3 is 2. The van der Waals surface area contributed by atoms with Gasteiger partial charge >= 0.3 is 0 Å². The van der Waals surface area contributed by atoms with Crippen LogP contribution in [0.1, 0.15) is 55.8 Å². The molecule has 2 aromatic carbocycles. The number of imidazole rings is 1. The number of ether oxygens (including phenoxy) is 3. The molecule has 2 heterocycles. The van der Waals surface area contributed by atoms with E-state index in [1.54, 1.807) is 0 Å². The van der Waals surface area contributed by atoms with Crippen molar-refractivity contribution in [1.82, 2.24) is 15.3 Å². The second-order valence-electron chi connectivity index (χ2n) is 9.75. The molecule has 4 atom stereocenters. The van der Waals surface area contributed by atoms with E-state index >= 15 is 0 Å². The first-order chi connectivity index (χ1) is 17.7. The second-order valence-corrected chi connectivity index (χ2v) is 10.1. The highest BCUT2D eigenvalue weighted by atomic mass is 35.5. The van der Waals surface area contributed by atoms with Crippen LogP contribution in [0.3, 0.4) is 0 Å². The monoisotopic (exact) mass is 523 g/mol. The number of allylic oxidation sites excluding steroid dienone is 1. The molecule has 1 aliphatic heterocycles. The summed E-state index contributed by atoms with van der Waals surface area (Å²) in [6, 6.07) is 9.26. The molecule has 37 heavy (non-hydrogen) atoms. The Kier molecular flexibility index (Phi) is 6.40. The zero-order valence-electron chi connectivity index (χ0n) is 21.5. The lowest BCUT2D eigenvalue weighted by Gasteiger charge is -2.36. The maximum atomic E-state index is 13.7. The van der Waals surface area contributed by atoms with Gasteiger partial charge < -0.3 is 24.5 Å². The van der Waals surface area contributed by atoms with E-state index in [2.05, 4.69) is 24.1 Å². The number of nitrogens with zero attached hydrogens (tertiary/aromatic N) is 1.